The summed E-state index contributed by atoms with van der Waals surface area (Å²) in [5, 5.41) is 13.3. The Bertz CT molecular complexity index is 891. The molecule has 33 heavy (non-hydrogen) atoms. The third-order valence-electron chi connectivity index (χ3n) is 7.75. The van der Waals surface area contributed by atoms with Gasteiger partial charge < -0.3 is 10.4 Å². The molecule has 1 aromatic carbocycles. The van der Waals surface area contributed by atoms with Crippen molar-refractivity contribution in [2.45, 2.75) is 80.9 Å². The Labute approximate surface area is 186 Å². The number of carbonyl (C=O) groups is 1. The van der Waals surface area contributed by atoms with Crippen LogP contribution in [-0.4, -0.2) is 35.5 Å². The SMILES string of the molecule is O=C(NCC1(O)CCCC1)[C@@H]1CCC2c3ccc(C(F)(C(F)(F)F)C(F)(F)F)cc3CCC21. The van der Waals surface area contributed by atoms with Gasteiger partial charge in [-0.05, 0) is 61.5 Å². The molecular weight excluding hydrogens is 455 g/mol. The second-order valence-electron chi connectivity index (χ2n) is 9.71. The van der Waals surface area contributed by atoms with Gasteiger partial charge in [-0.1, -0.05) is 31.0 Å². The summed E-state index contributed by atoms with van der Waals surface area (Å²) >= 11 is 0. The van der Waals surface area contributed by atoms with Crippen LogP contribution < -0.4 is 5.32 Å². The van der Waals surface area contributed by atoms with Crippen molar-refractivity contribution < 1.29 is 40.6 Å². The van der Waals surface area contributed by atoms with Crippen LogP contribution in [0.25, 0.3) is 0 Å². The summed E-state index contributed by atoms with van der Waals surface area (Å²) in [7, 11) is 0. The first-order chi connectivity index (χ1) is 15.3. The molecule has 3 nitrogen and oxygen atoms in total. The molecule has 0 bridgehead atoms. The van der Waals surface area contributed by atoms with E-state index in [0.717, 1.165) is 18.9 Å². The van der Waals surface area contributed by atoms with E-state index in [9.17, 15) is 40.6 Å². The Balaban J connectivity index is 1.52. The summed E-state index contributed by atoms with van der Waals surface area (Å²) in [5.41, 5.74) is -6.93. The lowest BCUT2D eigenvalue weighted by Crippen LogP contribution is -2.50. The molecule has 3 aliphatic rings. The van der Waals surface area contributed by atoms with Gasteiger partial charge in [-0.3, -0.25) is 4.79 Å². The zero-order valence-electron chi connectivity index (χ0n) is 17.8. The number of aliphatic hydroxyl groups is 1. The van der Waals surface area contributed by atoms with E-state index >= 15 is 0 Å². The van der Waals surface area contributed by atoms with E-state index in [-0.39, 0.29) is 42.2 Å². The summed E-state index contributed by atoms with van der Waals surface area (Å²) in [6, 6.07) is 2.43. The molecule has 2 unspecified atom stereocenters. The van der Waals surface area contributed by atoms with Gasteiger partial charge in [-0.2, -0.15) is 26.3 Å². The van der Waals surface area contributed by atoms with Gasteiger partial charge in [0, 0.05) is 18.0 Å². The number of amides is 1. The van der Waals surface area contributed by atoms with E-state index < -0.39 is 29.2 Å². The van der Waals surface area contributed by atoms with Crippen LogP contribution in [0.15, 0.2) is 18.2 Å². The zero-order chi connectivity index (χ0) is 24.2. The topological polar surface area (TPSA) is 49.3 Å². The Hall–Kier alpha value is -1.84. The predicted molar refractivity (Wildman–Crippen MR) is 105 cm³/mol. The molecule has 10 heteroatoms. The molecule has 1 aromatic rings. The van der Waals surface area contributed by atoms with E-state index in [4.69, 9.17) is 0 Å². The minimum absolute atomic E-state index is 0.0954. The molecule has 0 aromatic heterocycles. The molecule has 2 N–H and O–H groups in total. The normalized spacial score (nSPS) is 27.2. The van der Waals surface area contributed by atoms with Gasteiger partial charge in [0.2, 0.25) is 5.91 Å². The minimum Gasteiger partial charge on any atom is -0.388 e. The quantitative estimate of drug-likeness (QED) is 0.562. The van der Waals surface area contributed by atoms with Crippen molar-refractivity contribution in [1.82, 2.24) is 5.32 Å². The molecule has 4 rings (SSSR count). The first-order valence-electron chi connectivity index (χ1n) is 11.2. The molecule has 3 atom stereocenters. The van der Waals surface area contributed by atoms with Gasteiger partial charge in [-0.25, -0.2) is 4.39 Å². The van der Waals surface area contributed by atoms with Crippen LogP contribution in [0, 0.1) is 11.8 Å². The summed E-state index contributed by atoms with van der Waals surface area (Å²) < 4.78 is 93.2. The van der Waals surface area contributed by atoms with Crippen molar-refractivity contribution in [3.63, 3.8) is 0 Å². The largest absolute Gasteiger partial charge is 0.435 e. The monoisotopic (exact) mass is 481 g/mol. The maximum Gasteiger partial charge on any atom is 0.435 e. The second kappa shape index (κ2) is 8.13. The van der Waals surface area contributed by atoms with Crippen molar-refractivity contribution in [2.24, 2.45) is 11.8 Å². The number of benzene rings is 1. The number of halogens is 7. The highest BCUT2D eigenvalue weighted by Crippen LogP contribution is 2.55. The van der Waals surface area contributed by atoms with E-state index in [1.54, 1.807) is 0 Å². The Morgan fingerprint density at radius 2 is 1.64 bits per heavy atom. The molecule has 0 heterocycles. The number of rotatable bonds is 4. The average Bonchev–Trinajstić information content (AvgIpc) is 3.36. The lowest BCUT2D eigenvalue weighted by atomic mass is 9.73. The summed E-state index contributed by atoms with van der Waals surface area (Å²) in [4.78, 5) is 12.8. The Morgan fingerprint density at radius 1 is 1.00 bits per heavy atom. The van der Waals surface area contributed by atoms with Crippen LogP contribution in [0.1, 0.15) is 67.6 Å². The number of aryl methyl sites for hydroxylation is 1. The van der Waals surface area contributed by atoms with Crippen LogP contribution in [-0.2, 0) is 16.9 Å². The fourth-order valence-corrected chi connectivity index (χ4v) is 5.98. The van der Waals surface area contributed by atoms with Crippen LogP contribution in [0.4, 0.5) is 30.7 Å². The maximum absolute atomic E-state index is 14.5. The smallest absolute Gasteiger partial charge is 0.388 e. The number of fused-ring (bicyclic) bond motifs is 3. The predicted octanol–water partition coefficient (Wildman–Crippen LogP) is 5.45. The molecule has 184 valence electrons. The molecular formula is C23H26F7NO2. The van der Waals surface area contributed by atoms with Crippen LogP contribution >= 0.6 is 0 Å². The number of hydrogen-bond donors (Lipinski definition) is 2. The van der Waals surface area contributed by atoms with Gasteiger partial charge in [-0.15, -0.1) is 0 Å². The lowest BCUT2D eigenvalue weighted by molar-refractivity contribution is -0.348. The van der Waals surface area contributed by atoms with Crippen molar-refractivity contribution in [1.29, 1.82) is 0 Å². The lowest BCUT2D eigenvalue weighted by Gasteiger charge is -2.34. The van der Waals surface area contributed by atoms with Gasteiger partial charge in [0.25, 0.3) is 0 Å². The highest BCUT2D eigenvalue weighted by Gasteiger charge is 2.73. The summed E-state index contributed by atoms with van der Waals surface area (Å²) in [6.07, 6.45) is -7.52. The molecule has 0 spiro atoms. The van der Waals surface area contributed by atoms with Crippen molar-refractivity contribution in [3.8, 4) is 0 Å². The molecule has 2 fully saturated rings. The van der Waals surface area contributed by atoms with Crippen molar-refractivity contribution in [3.05, 3.63) is 34.9 Å². The van der Waals surface area contributed by atoms with Gasteiger partial charge in [0.05, 0.1) is 5.60 Å². The molecule has 3 aliphatic carbocycles. The van der Waals surface area contributed by atoms with Gasteiger partial charge >= 0.3 is 18.0 Å². The molecule has 1 amide bonds. The van der Waals surface area contributed by atoms with Crippen LogP contribution in [0.5, 0.6) is 0 Å². The zero-order valence-corrected chi connectivity index (χ0v) is 17.8. The molecule has 0 radical (unpaired) electrons. The van der Waals surface area contributed by atoms with Crippen LogP contribution in [0.3, 0.4) is 0 Å². The maximum atomic E-state index is 14.5. The van der Waals surface area contributed by atoms with E-state index in [1.807, 2.05) is 0 Å². The number of carbonyl (C=O) groups excluding carboxylic acids is 1. The average molecular weight is 481 g/mol. The van der Waals surface area contributed by atoms with Gasteiger partial charge in [0.1, 0.15) is 0 Å². The standard InChI is InChI=1S/C23H26F7NO2/c24-21(22(25,26)27,23(28,29)30)14-4-6-15-13(11-14)3-5-17-16(15)7-8-18(17)19(32)31-12-20(33)9-1-2-10-20/h4,6,11,16-18,33H,1-3,5,7-10,12H2,(H,31,32)/t16?,17?,18-/m1/s1. The summed E-state index contributed by atoms with van der Waals surface area (Å²) in [5.74, 6) is -0.793. The van der Waals surface area contributed by atoms with E-state index in [2.05, 4.69) is 5.32 Å². The van der Waals surface area contributed by atoms with Crippen LogP contribution in [0.2, 0.25) is 0 Å². The van der Waals surface area contributed by atoms with E-state index in [1.165, 1.54) is 0 Å². The molecule has 0 saturated heterocycles. The summed E-state index contributed by atoms with van der Waals surface area (Å²) in [6.45, 7) is 0.174. The highest BCUT2D eigenvalue weighted by molar-refractivity contribution is 5.79. The Kier molecular flexibility index (Phi) is 5.98. The van der Waals surface area contributed by atoms with E-state index in [0.29, 0.717) is 49.8 Å². The first-order valence-corrected chi connectivity index (χ1v) is 11.2. The third kappa shape index (κ3) is 4.12. The second-order valence-corrected chi connectivity index (χ2v) is 9.71. The first kappa shape index (κ1) is 24.3. The minimum atomic E-state index is -6.14. The molecule has 2 saturated carbocycles. The number of nitrogens with one attached hydrogen (secondary N) is 1. The fraction of sp³-hybridized carbons (Fsp3) is 0.696. The highest BCUT2D eigenvalue weighted by atomic mass is 19.4. The Morgan fingerprint density at radius 3 is 2.24 bits per heavy atom. The number of alkyl halides is 7. The van der Waals surface area contributed by atoms with Gasteiger partial charge in [0.15, 0.2) is 0 Å². The van der Waals surface area contributed by atoms with Crippen molar-refractivity contribution >= 4 is 5.91 Å². The fourth-order valence-electron chi connectivity index (χ4n) is 5.98. The molecule has 0 aliphatic heterocycles. The third-order valence-corrected chi connectivity index (χ3v) is 7.75. The van der Waals surface area contributed by atoms with Crippen molar-refractivity contribution in [2.75, 3.05) is 6.54 Å². The number of hydrogen-bond acceptors (Lipinski definition) is 2.